The number of hydrogen-bond donors (Lipinski definition) is 0. The quantitative estimate of drug-likeness (QED) is 0.185. The first-order valence-electron chi connectivity index (χ1n) is 8.06. The maximum atomic E-state index is 11.0. The van der Waals surface area contributed by atoms with Crippen LogP contribution < -0.4 is 9.47 Å². The summed E-state index contributed by atoms with van der Waals surface area (Å²) >= 11 is 3.46. The molecule has 6 nitrogen and oxygen atoms in total. The molecule has 0 N–H and O–H groups in total. The molecule has 0 saturated heterocycles. The minimum atomic E-state index is -0.492. The van der Waals surface area contributed by atoms with Crippen LogP contribution in [0.4, 0.5) is 5.69 Å². The van der Waals surface area contributed by atoms with Gasteiger partial charge in [-0.2, -0.15) is 5.26 Å². The van der Waals surface area contributed by atoms with Crippen LogP contribution in [0.2, 0.25) is 0 Å². The summed E-state index contributed by atoms with van der Waals surface area (Å²) in [5.41, 5.74) is 1.39. The molecule has 2 rings (SSSR count). The van der Waals surface area contributed by atoms with Crippen molar-refractivity contribution in [3.05, 3.63) is 74.8 Å². The number of nitriles is 1. The topological polar surface area (TPSA) is 85.4 Å². The second-order valence-electron chi connectivity index (χ2n) is 5.34. The average molecular weight is 429 g/mol. The van der Waals surface area contributed by atoms with E-state index in [9.17, 15) is 15.4 Å². The molecule has 27 heavy (non-hydrogen) atoms. The van der Waals surface area contributed by atoms with Gasteiger partial charge < -0.3 is 9.47 Å². The Balaban J connectivity index is 2.49. The van der Waals surface area contributed by atoms with Crippen molar-refractivity contribution in [1.29, 1.82) is 5.26 Å². The van der Waals surface area contributed by atoms with Crippen LogP contribution in [0.3, 0.4) is 0 Å². The molecule has 0 saturated carbocycles. The molecule has 138 valence electrons. The van der Waals surface area contributed by atoms with Crippen LogP contribution in [0.25, 0.3) is 11.6 Å². The first-order chi connectivity index (χ1) is 13.0. The Bertz CT molecular complexity index is 932. The van der Waals surface area contributed by atoms with E-state index in [1.54, 1.807) is 36.4 Å². The van der Waals surface area contributed by atoms with Gasteiger partial charge in [0.15, 0.2) is 11.5 Å². The third kappa shape index (κ3) is 5.19. The molecule has 0 heterocycles. The van der Waals surface area contributed by atoms with Crippen LogP contribution in [-0.4, -0.2) is 18.1 Å². The molecule has 7 heteroatoms. The minimum Gasteiger partial charge on any atom is -0.490 e. The van der Waals surface area contributed by atoms with Crippen molar-refractivity contribution in [2.45, 2.75) is 6.92 Å². The second-order valence-corrected chi connectivity index (χ2v) is 6.19. The standard InChI is InChI=1S/C20H17BrN2O4/c1-3-8-27-20-18(21)10-14(11-19(20)26-4-2)9-16(13-22)15-6-5-7-17(12-15)23(24)25/h3,5-7,9-12H,1,4,8H2,2H3. The molecular formula is C20H17BrN2O4. The van der Waals surface area contributed by atoms with Crippen molar-refractivity contribution in [3.63, 3.8) is 0 Å². The van der Waals surface area contributed by atoms with E-state index in [1.807, 2.05) is 6.92 Å². The highest BCUT2D eigenvalue weighted by molar-refractivity contribution is 9.10. The number of ether oxygens (including phenoxy) is 2. The zero-order valence-corrected chi connectivity index (χ0v) is 16.2. The zero-order valence-electron chi connectivity index (χ0n) is 14.6. The second kappa shape index (κ2) is 9.55. The van der Waals surface area contributed by atoms with Gasteiger partial charge in [-0.25, -0.2) is 0 Å². The van der Waals surface area contributed by atoms with Crippen LogP contribution in [0, 0.1) is 21.4 Å². The Morgan fingerprint density at radius 1 is 1.37 bits per heavy atom. The predicted octanol–water partition coefficient (Wildman–Crippen LogP) is 5.38. The lowest BCUT2D eigenvalue weighted by Crippen LogP contribution is -2.00. The highest BCUT2D eigenvalue weighted by Crippen LogP contribution is 2.38. The van der Waals surface area contributed by atoms with E-state index in [4.69, 9.17) is 9.47 Å². The molecule has 2 aromatic rings. The number of nitro benzene ring substituents is 1. The fraction of sp³-hybridized carbons (Fsp3) is 0.150. The van der Waals surface area contributed by atoms with Gasteiger partial charge in [0, 0.05) is 12.1 Å². The maximum absolute atomic E-state index is 11.0. The fourth-order valence-corrected chi connectivity index (χ4v) is 2.92. The Morgan fingerprint density at radius 2 is 2.15 bits per heavy atom. The van der Waals surface area contributed by atoms with Gasteiger partial charge in [-0.05, 0) is 52.2 Å². The highest BCUT2D eigenvalue weighted by atomic mass is 79.9. The van der Waals surface area contributed by atoms with E-state index in [1.165, 1.54) is 12.1 Å². The van der Waals surface area contributed by atoms with E-state index < -0.39 is 4.92 Å². The number of allylic oxidation sites excluding steroid dienone is 1. The van der Waals surface area contributed by atoms with Crippen molar-refractivity contribution in [1.82, 2.24) is 0 Å². The normalized spacial score (nSPS) is 10.8. The van der Waals surface area contributed by atoms with E-state index in [0.29, 0.717) is 45.9 Å². The third-order valence-electron chi connectivity index (χ3n) is 3.48. The molecular weight excluding hydrogens is 412 g/mol. The summed E-state index contributed by atoms with van der Waals surface area (Å²) in [5.74, 6) is 1.07. The monoisotopic (exact) mass is 428 g/mol. The Labute approximate surface area is 165 Å². The summed E-state index contributed by atoms with van der Waals surface area (Å²) in [7, 11) is 0. The number of nitrogens with zero attached hydrogens (tertiary/aromatic N) is 2. The summed E-state index contributed by atoms with van der Waals surface area (Å²) in [6, 6.07) is 11.6. The molecule has 2 aromatic carbocycles. The van der Waals surface area contributed by atoms with Gasteiger partial charge in [0.2, 0.25) is 0 Å². The van der Waals surface area contributed by atoms with Crippen LogP contribution >= 0.6 is 15.9 Å². The predicted molar refractivity (Wildman–Crippen MR) is 108 cm³/mol. The van der Waals surface area contributed by atoms with Crippen molar-refractivity contribution < 1.29 is 14.4 Å². The van der Waals surface area contributed by atoms with E-state index in [0.717, 1.165) is 0 Å². The average Bonchev–Trinajstić information content (AvgIpc) is 2.66. The number of non-ortho nitro benzene ring substituents is 1. The van der Waals surface area contributed by atoms with Crippen molar-refractivity contribution in [3.8, 4) is 17.6 Å². The van der Waals surface area contributed by atoms with Crippen molar-refractivity contribution >= 4 is 33.3 Å². The Morgan fingerprint density at radius 3 is 2.78 bits per heavy atom. The lowest BCUT2D eigenvalue weighted by molar-refractivity contribution is -0.384. The number of rotatable bonds is 8. The largest absolute Gasteiger partial charge is 0.490 e. The van der Waals surface area contributed by atoms with Gasteiger partial charge in [-0.15, -0.1) is 0 Å². The smallest absolute Gasteiger partial charge is 0.270 e. The van der Waals surface area contributed by atoms with Crippen LogP contribution in [0.5, 0.6) is 11.5 Å². The third-order valence-corrected chi connectivity index (χ3v) is 4.07. The molecule has 0 bridgehead atoms. The van der Waals surface area contributed by atoms with Crippen LogP contribution in [-0.2, 0) is 0 Å². The highest BCUT2D eigenvalue weighted by Gasteiger charge is 2.13. The molecule has 0 amide bonds. The van der Waals surface area contributed by atoms with Crippen LogP contribution in [0.1, 0.15) is 18.1 Å². The van der Waals surface area contributed by atoms with E-state index >= 15 is 0 Å². The van der Waals surface area contributed by atoms with Gasteiger partial charge in [0.05, 0.1) is 27.6 Å². The molecule has 0 aliphatic rings. The number of nitro groups is 1. The van der Waals surface area contributed by atoms with Gasteiger partial charge in [0.25, 0.3) is 5.69 Å². The summed E-state index contributed by atoms with van der Waals surface area (Å²) in [6.45, 7) is 6.26. The Hall–Kier alpha value is -3.11. The summed E-state index contributed by atoms with van der Waals surface area (Å²) in [5, 5.41) is 20.5. The van der Waals surface area contributed by atoms with E-state index in [2.05, 4.69) is 28.6 Å². The summed E-state index contributed by atoms with van der Waals surface area (Å²) in [4.78, 5) is 10.5. The van der Waals surface area contributed by atoms with Crippen LogP contribution in [0.15, 0.2) is 53.5 Å². The zero-order chi connectivity index (χ0) is 19.8. The summed E-state index contributed by atoms with van der Waals surface area (Å²) < 4.78 is 11.9. The molecule has 0 radical (unpaired) electrons. The minimum absolute atomic E-state index is 0.0713. The first kappa shape index (κ1) is 20.2. The maximum Gasteiger partial charge on any atom is 0.270 e. The first-order valence-corrected chi connectivity index (χ1v) is 8.86. The summed E-state index contributed by atoms with van der Waals surface area (Å²) in [6.07, 6.45) is 3.27. The van der Waals surface area contributed by atoms with Gasteiger partial charge in [-0.3, -0.25) is 10.1 Å². The molecule has 0 aliphatic heterocycles. The number of halogens is 1. The molecule has 0 fully saturated rings. The molecule has 0 atom stereocenters. The van der Waals surface area contributed by atoms with Gasteiger partial charge >= 0.3 is 0 Å². The number of benzene rings is 2. The van der Waals surface area contributed by atoms with E-state index in [-0.39, 0.29) is 5.69 Å². The SMILES string of the molecule is C=CCOc1c(Br)cc(C=C(C#N)c2cccc([N+](=O)[O-])c2)cc1OCC. The van der Waals surface area contributed by atoms with Crippen molar-refractivity contribution in [2.75, 3.05) is 13.2 Å². The van der Waals surface area contributed by atoms with Gasteiger partial charge in [0.1, 0.15) is 6.61 Å². The van der Waals surface area contributed by atoms with Crippen molar-refractivity contribution in [2.24, 2.45) is 0 Å². The molecule has 0 aromatic heterocycles. The Kier molecular flexibility index (Phi) is 7.15. The lowest BCUT2D eigenvalue weighted by Gasteiger charge is -2.14. The molecule has 0 spiro atoms. The molecule has 0 unspecified atom stereocenters. The van der Waals surface area contributed by atoms with Gasteiger partial charge in [-0.1, -0.05) is 24.8 Å². The number of hydrogen-bond acceptors (Lipinski definition) is 5. The molecule has 0 aliphatic carbocycles. The fourth-order valence-electron chi connectivity index (χ4n) is 2.35. The lowest BCUT2D eigenvalue weighted by atomic mass is 10.0.